The Morgan fingerprint density at radius 2 is 2.16 bits per heavy atom. The fraction of sp³-hybridized carbons (Fsp3) is 0.0909. The molecular weight excluding hydrogens is 284 g/mol. The van der Waals surface area contributed by atoms with Gasteiger partial charge in [-0.3, -0.25) is 9.82 Å². The fourth-order valence-corrected chi connectivity index (χ4v) is 3.83. The van der Waals surface area contributed by atoms with E-state index < -0.39 is 10.0 Å². The quantitative estimate of drug-likeness (QED) is 0.774. The number of nitrogens with zero attached hydrogens (tertiary/aromatic N) is 2. The molecule has 0 amide bonds. The first-order valence-corrected chi connectivity index (χ1v) is 7.73. The summed E-state index contributed by atoms with van der Waals surface area (Å²) in [6.45, 7) is 1.76. The van der Waals surface area contributed by atoms with Crippen molar-refractivity contribution in [3.05, 3.63) is 35.6 Å². The van der Waals surface area contributed by atoms with Crippen molar-refractivity contribution in [2.75, 3.05) is 4.72 Å². The highest BCUT2D eigenvalue weighted by Gasteiger charge is 2.17. The van der Waals surface area contributed by atoms with Crippen LogP contribution in [0.3, 0.4) is 0 Å². The highest BCUT2D eigenvalue weighted by atomic mass is 32.2. The zero-order valence-corrected chi connectivity index (χ0v) is 11.5. The molecule has 2 heterocycles. The maximum atomic E-state index is 12.1. The number of fused-ring (bicyclic) bond motifs is 1. The molecule has 3 rings (SSSR count). The van der Waals surface area contributed by atoms with E-state index in [2.05, 4.69) is 19.9 Å². The zero-order valence-electron chi connectivity index (χ0n) is 9.91. The first kappa shape index (κ1) is 12.1. The van der Waals surface area contributed by atoms with E-state index in [-0.39, 0.29) is 4.21 Å². The minimum Gasteiger partial charge on any atom is -0.279 e. The van der Waals surface area contributed by atoms with Crippen molar-refractivity contribution in [3.8, 4) is 0 Å². The standard InChI is InChI=1S/C11H10N4O2S2/c1-7-12-6-11(18-7)19(16,17)15-9-3-2-8-5-13-14-10(8)4-9/h2-6,15H,1H3,(H,13,14). The predicted octanol–water partition coefficient (Wildman–Crippen LogP) is 2.13. The van der Waals surface area contributed by atoms with Crippen LogP contribution >= 0.6 is 11.3 Å². The van der Waals surface area contributed by atoms with E-state index in [1.165, 1.54) is 6.20 Å². The number of aromatic nitrogens is 3. The molecule has 0 bridgehead atoms. The molecule has 98 valence electrons. The van der Waals surface area contributed by atoms with Gasteiger partial charge in [0.2, 0.25) is 0 Å². The summed E-state index contributed by atoms with van der Waals surface area (Å²) < 4.78 is 27.0. The minimum atomic E-state index is -3.57. The molecule has 0 aliphatic heterocycles. The van der Waals surface area contributed by atoms with E-state index in [0.29, 0.717) is 10.7 Å². The molecule has 0 saturated heterocycles. The van der Waals surface area contributed by atoms with Gasteiger partial charge >= 0.3 is 0 Å². The molecule has 0 spiro atoms. The van der Waals surface area contributed by atoms with E-state index >= 15 is 0 Å². The van der Waals surface area contributed by atoms with Crippen LogP contribution in [0.2, 0.25) is 0 Å². The average Bonchev–Trinajstić information content (AvgIpc) is 2.96. The number of H-pyrrole nitrogens is 1. The molecule has 0 aliphatic carbocycles. The van der Waals surface area contributed by atoms with Gasteiger partial charge < -0.3 is 0 Å². The Morgan fingerprint density at radius 3 is 2.89 bits per heavy atom. The predicted molar refractivity (Wildman–Crippen MR) is 73.8 cm³/mol. The molecular formula is C11H10N4O2S2. The third-order valence-corrected chi connectivity index (χ3v) is 5.31. The molecule has 6 nitrogen and oxygen atoms in total. The average molecular weight is 294 g/mol. The lowest BCUT2D eigenvalue weighted by atomic mass is 10.2. The van der Waals surface area contributed by atoms with Crippen LogP contribution in [0, 0.1) is 6.92 Å². The molecule has 8 heteroatoms. The van der Waals surface area contributed by atoms with Crippen molar-refractivity contribution in [3.63, 3.8) is 0 Å². The van der Waals surface area contributed by atoms with Crippen molar-refractivity contribution in [1.29, 1.82) is 0 Å². The van der Waals surface area contributed by atoms with Crippen molar-refractivity contribution < 1.29 is 8.42 Å². The SMILES string of the molecule is Cc1ncc(S(=O)(=O)Nc2ccc3cn[nH]c3c2)s1. The highest BCUT2D eigenvalue weighted by molar-refractivity contribution is 7.94. The number of nitrogens with one attached hydrogen (secondary N) is 2. The number of hydrogen-bond donors (Lipinski definition) is 2. The summed E-state index contributed by atoms with van der Waals surface area (Å²) >= 11 is 1.14. The van der Waals surface area contributed by atoms with Gasteiger partial charge in [-0.15, -0.1) is 11.3 Å². The summed E-state index contributed by atoms with van der Waals surface area (Å²) in [5.41, 5.74) is 1.27. The molecule has 19 heavy (non-hydrogen) atoms. The normalized spacial score (nSPS) is 11.8. The Morgan fingerprint density at radius 1 is 1.32 bits per heavy atom. The smallest absolute Gasteiger partial charge is 0.273 e. The van der Waals surface area contributed by atoms with Crippen LogP contribution < -0.4 is 4.72 Å². The Hall–Kier alpha value is -1.93. The molecule has 2 aromatic heterocycles. The lowest BCUT2D eigenvalue weighted by Crippen LogP contribution is -2.11. The lowest BCUT2D eigenvalue weighted by molar-refractivity contribution is 0.603. The lowest BCUT2D eigenvalue weighted by Gasteiger charge is -2.05. The van der Waals surface area contributed by atoms with E-state index in [0.717, 1.165) is 22.2 Å². The first-order valence-electron chi connectivity index (χ1n) is 5.43. The summed E-state index contributed by atoms with van der Waals surface area (Å²) in [6.07, 6.45) is 3.04. The van der Waals surface area contributed by atoms with Crippen molar-refractivity contribution >= 4 is 38.0 Å². The molecule has 0 radical (unpaired) electrons. The number of hydrogen-bond acceptors (Lipinski definition) is 5. The highest BCUT2D eigenvalue weighted by Crippen LogP contribution is 2.23. The number of aryl methyl sites for hydroxylation is 1. The Labute approximate surface area is 113 Å². The van der Waals surface area contributed by atoms with Crippen LogP contribution in [0.15, 0.2) is 34.8 Å². The van der Waals surface area contributed by atoms with Crippen molar-refractivity contribution in [2.24, 2.45) is 0 Å². The number of thiazole rings is 1. The summed E-state index contributed by atoms with van der Waals surface area (Å²) in [7, 11) is -3.57. The number of sulfonamides is 1. The minimum absolute atomic E-state index is 0.203. The summed E-state index contributed by atoms with van der Waals surface area (Å²) in [6, 6.07) is 5.20. The van der Waals surface area contributed by atoms with Gasteiger partial charge in [-0.2, -0.15) is 5.10 Å². The summed E-state index contributed by atoms with van der Waals surface area (Å²) in [5.74, 6) is 0. The van der Waals surface area contributed by atoms with E-state index in [1.807, 2.05) is 0 Å². The molecule has 0 unspecified atom stereocenters. The number of anilines is 1. The molecule has 2 N–H and O–H groups in total. The van der Waals surface area contributed by atoms with Crippen molar-refractivity contribution in [2.45, 2.75) is 11.1 Å². The van der Waals surface area contributed by atoms with Crippen LogP contribution in [-0.2, 0) is 10.0 Å². The van der Waals surface area contributed by atoms with Crippen LogP contribution in [0.5, 0.6) is 0 Å². The molecule has 0 atom stereocenters. The second-order valence-corrected chi connectivity index (χ2v) is 7.12. The molecule has 0 aliphatic rings. The monoisotopic (exact) mass is 294 g/mol. The van der Waals surface area contributed by atoms with Gasteiger partial charge in [-0.25, -0.2) is 13.4 Å². The Balaban J connectivity index is 1.95. The van der Waals surface area contributed by atoms with Gasteiger partial charge in [-0.1, -0.05) is 0 Å². The fourth-order valence-electron chi connectivity index (χ4n) is 1.67. The third-order valence-electron chi connectivity index (χ3n) is 2.56. The van der Waals surface area contributed by atoms with E-state index in [1.54, 1.807) is 31.3 Å². The third kappa shape index (κ3) is 2.32. The van der Waals surface area contributed by atoms with Crippen LogP contribution in [-0.4, -0.2) is 23.6 Å². The van der Waals surface area contributed by atoms with Crippen LogP contribution in [0.1, 0.15) is 5.01 Å². The van der Waals surface area contributed by atoms with Crippen LogP contribution in [0.4, 0.5) is 5.69 Å². The zero-order chi connectivity index (χ0) is 13.5. The van der Waals surface area contributed by atoms with Gasteiger partial charge in [0.05, 0.1) is 28.6 Å². The summed E-state index contributed by atoms with van der Waals surface area (Å²) in [5, 5.41) is 8.33. The summed E-state index contributed by atoms with van der Waals surface area (Å²) in [4.78, 5) is 3.95. The Kier molecular flexibility index (Phi) is 2.76. The topological polar surface area (TPSA) is 87.7 Å². The van der Waals surface area contributed by atoms with E-state index in [9.17, 15) is 8.42 Å². The largest absolute Gasteiger partial charge is 0.279 e. The molecule has 3 aromatic rings. The Bertz CT molecular complexity index is 835. The van der Waals surface area contributed by atoms with Gasteiger partial charge in [0, 0.05) is 5.39 Å². The second-order valence-electron chi connectivity index (χ2n) is 3.98. The van der Waals surface area contributed by atoms with Gasteiger partial charge in [-0.05, 0) is 25.1 Å². The second kappa shape index (κ2) is 4.32. The van der Waals surface area contributed by atoms with Gasteiger partial charge in [0.15, 0.2) is 4.21 Å². The molecule has 0 saturated carbocycles. The first-order chi connectivity index (χ1) is 9.04. The van der Waals surface area contributed by atoms with Gasteiger partial charge in [0.1, 0.15) is 0 Å². The maximum Gasteiger partial charge on any atom is 0.273 e. The number of benzene rings is 1. The van der Waals surface area contributed by atoms with Crippen LogP contribution in [0.25, 0.3) is 10.9 Å². The maximum absolute atomic E-state index is 12.1. The number of aromatic amines is 1. The molecule has 0 fully saturated rings. The molecule has 1 aromatic carbocycles. The van der Waals surface area contributed by atoms with Crippen molar-refractivity contribution in [1.82, 2.24) is 15.2 Å². The number of rotatable bonds is 3. The van der Waals surface area contributed by atoms with E-state index in [4.69, 9.17) is 0 Å². The van der Waals surface area contributed by atoms with Gasteiger partial charge in [0.25, 0.3) is 10.0 Å².